The summed E-state index contributed by atoms with van der Waals surface area (Å²) in [5, 5.41) is 12.3. The van der Waals surface area contributed by atoms with Crippen LogP contribution >= 0.6 is 0 Å². The van der Waals surface area contributed by atoms with Gasteiger partial charge in [0.1, 0.15) is 11.6 Å². The van der Waals surface area contributed by atoms with Crippen molar-refractivity contribution in [3.05, 3.63) is 64.8 Å². The van der Waals surface area contributed by atoms with Crippen LogP contribution in [0.15, 0.2) is 53.5 Å². The second-order valence-corrected chi connectivity index (χ2v) is 4.89. The number of rotatable bonds is 7. The number of halogens is 1. The molecule has 2 aromatic rings. The average molecular weight is 320 g/mol. The fraction of sp³-hybridized carbons (Fsp3) is 0.250. The second kappa shape index (κ2) is 8.09. The summed E-state index contributed by atoms with van der Waals surface area (Å²) in [5.41, 5.74) is -0.225. The number of amides is 1. The van der Waals surface area contributed by atoms with Crippen LogP contribution in [0.4, 0.5) is 4.39 Å². The zero-order chi connectivity index (χ0) is 16.7. The lowest BCUT2D eigenvalue weighted by Crippen LogP contribution is -2.38. The van der Waals surface area contributed by atoms with Crippen LogP contribution in [0.25, 0.3) is 0 Å². The molecular formula is C16H17FN2O4. The normalized spacial score (nSPS) is 11.7. The molecule has 0 saturated heterocycles. The number of aliphatic hydroxyl groups excluding tert-OH is 1. The Morgan fingerprint density at radius 1 is 1.26 bits per heavy atom. The summed E-state index contributed by atoms with van der Waals surface area (Å²) >= 11 is 0. The monoisotopic (exact) mass is 320 g/mol. The number of aromatic nitrogens is 1. The van der Waals surface area contributed by atoms with Gasteiger partial charge in [0.15, 0.2) is 6.61 Å². The van der Waals surface area contributed by atoms with Crippen molar-refractivity contribution in [2.24, 2.45) is 0 Å². The third-order valence-electron chi connectivity index (χ3n) is 3.02. The number of nitrogens with one attached hydrogen (secondary N) is 1. The molecular weight excluding hydrogens is 303 g/mol. The lowest BCUT2D eigenvalue weighted by atomic mass is 10.3. The first kappa shape index (κ1) is 16.7. The van der Waals surface area contributed by atoms with Crippen molar-refractivity contribution in [2.75, 3.05) is 13.2 Å². The number of ether oxygens (including phenoxy) is 1. The number of benzene rings is 1. The van der Waals surface area contributed by atoms with E-state index in [9.17, 15) is 19.1 Å². The van der Waals surface area contributed by atoms with E-state index in [-0.39, 0.29) is 31.1 Å². The number of hydrogen-bond acceptors (Lipinski definition) is 4. The lowest BCUT2D eigenvalue weighted by Gasteiger charge is -2.13. The molecule has 1 heterocycles. The molecule has 2 rings (SSSR count). The Kier molecular flexibility index (Phi) is 5.87. The van der Waals surface area contributed by atoms with Crippen LogP contribution in [0.5, 0.6) is 5.75 Å². The molecule has 23 heavy (non-hydrogen) atoms. The third-order valence-corrected chi connectivity index (χ3v) is 3.02. The van der Waals surface area contributed by atoms with Crippen LogP contribution in [0.2, 0.25) is 0 Å². The number of carbonyl (C=O) groups excluding carboxylic acids is 1. The quantitative estimate of drug-likeness (QED) is 0.780. The van der Waals surface area contributed by atoms with Crippen LogP contribution in [-0.4, -0.2) is 34.8 Å². The van der Waals surface area contributed by atoms with Gasteiger partial charge in [0.25, 0.3) is 11.5 Å². The van der Waals surface area contributed by atoms with Crippen molar-refractivity contribution in [1.82, 2.24) is 9.88 Å². The topological polar surface area (TPSA) is 80.6 Å². The maximum absolute atomic E-state index is 12.7. The highest BCUT2D eigenvalue weighted by molar-refractivity contribution is 5.77. The van der Waals surface area contributed by atoms with E-state index >= 15 is 0 Å². The van der Waals surface area contributed by atoms with E-state index in [1.807, 2.05) is 0 Å². The molecule has 0 aliphatic heterocycles. The SMILES string of the molecule is O=C(COc1ccc(F)cc1)NCC(O)Cn1ccccc1=O. The lowest BCUT2D eigenvalue weighted by molar-refractivity contribution is -0.123. The van der Waals surface area contributed by atoms with E-state index in [4.69, 9.17) is 4.74 Å². The number of aliphatic hydroxyl groups is 1. The van der Waals surface area contributed by atoms with Crippen molar-refractivity contribution >= 4 is 5.91 Å². The Morgan fingerprint density at radius 2 is 2.00 bits per heavy atom. The predicted molar refractivity (Wildman–Crippen MR) is 81.6 cm³/mol. The molecule has 0 spiro atoms. The number of nitrogens with zero attached hydrogens (tertiary/aromatic N) is 1. The van der Waals surface area contributed by atoms with Crippen molar-refractivity contribution in [3.8, 4) is 5.75 Å². The third kappa shape index (κ3) is 5.55. The van der Waals surface area contributed by atoms with Gasteiger partial charge in [-0.2, -0.15) is 0 Å². The summed E-state index contributed by atoms with van der Waals surface area (Å²) in [6.07, 6.45) is 0.662. The smallest absolute Gasteiger partial charge is 0.258 e. The number of pyridine rings is 1. The van der Waals surface area contributed by atoms with Crippen molar-refractivity contribution < 1.29 is 19.0 Å². The zero-order valence-corrected chi connectivity index (χ0v) is 12.3. The molecule has 0 aliphatic rings. The minimum absolute atomic E-state index is 0.00700. The van der Waals surface area contributed by atoms with Gasteiger partial charge in [-0.25, -0.2) is 4.39 Å². The molecule has 6 nitrogen and oxygen atoms in total. The van der Waals surface area contributed by atoms with Gasteiger partial charge in [-0.15, -0.1) is 0 Å². The van der Waals surface area contributed by atoms with Gasteiger partial charge in [-0.05, 0) is 30.3 Å². The van der Waals surface area contributed by atoms with Gasteiger partial charge in [0, 0.05) is 18.8 Å². The number of hydrogen-bond donors (Lipinski definition) is 2. The summed E-state index contributed by atoms with van der Waals surface area (Å²) in [6.45, 7) is -0.171. The average Bonchev–Trinajstić information content (AvgIpc) is 2.54. The molecule has 1 amide bonds. The Labute approximate surface area is 132 Å². The molecule has 0 saturated carbocycles. The first-order valence-electron chi connectivity index (χ1n) is 7.03. The molecule has 122 valence electrons. The Balaban J connectivity index is 1.72. The molecule has 1 atom stereocenters. The summed E-state index contributed by atoms with van der Waals surface area (Å²) in [4.78, 5) is 23.1. The van der Waals surface area contributed by atoms with E-state index in [1.165, 1.54) is 34.9 Å². The Hall–Kier alpha value is -2.67. The molecule has 2 N–H and O–H groups in total. The largest absolute Gasteiger partial charge is 0.484 e. The molecule has 7 heteroatoms. The summed E-state index contributed by atoms with van der Waals surface area (Å²) in [6, 6.07) is 9.98. The zero-order valence-electron chi connectivity index (χ0n) is 12.3. The van der Waals surface area contributed by atoms with Gasteiger partial charge in [-0.3, -0.25) is 9.59 Å². The van der Waals surface area contributed by atoms with Gasteiger partial charge in [-0.1, -0.05) is 6.07 Å². The van der Waals surface area contributed by atoms with Crippen molar-refractivity contribution in [1.29, 1.82) is 0 Å². The van der Waals surface area contributed by atoms with Crippen LogP contribution in [0, 0.1) is 5.82 Å². The highest BCUT2D eigenvalue weighted by Gasteiger charge is 2.09. The van der Waals surface area contributed by atoms with Crippen molar-refractivity contribution in [3.63, 3.8) is 0 Å². The van der Waals surface area contributed by atoms with Crippen LogP contribution in [0.3, 0.4) is 0 Å². The van der Waals surface area contributed by atoms with Crippen LogP contribution in [0.1, 0.15) is 0 Å². The molecule has 0 aliphatic carbocycles. The molecule has 1 unspecified atom stereocenters. The van der Waals surface area contributed by atoms with E-state index < -0.39 is 12.0 Å². The van der Waals surface area contributed by atoms with Crippen LogP contribution < -0.4 is 15.6 Å². The highest BCUT2D eigenvalue weighted by Crippen LogP contribution is 2.10. The molecule has 0 fully saturated rings. The molecule has 0 radical (unpaired) electrons. The fourth-order valence-electron chi connectivity index (χ4n) is 1.87. The predicted octanol–water partition coefficient (Wildman–Crippen LogP) is 0.543. The maximum Gasteiger partial charge on any atom is 0.258 e. The second-order valence-electron chi connectivity index (χ2n) is 4.89. The van der Waals surface area contributed by atoms with E-state index in [1.54, 1.807) is 18.3 Å². The van der Waals surface area contributed by atoms with Crippen molar-refractivity contribution in [2.45, 2.75) is 12.6 Å². The minimum Gasteiger partial charge on any atom is -0.484 e. The summed E-state index contributed by atoms with van der Waals surface area (Å²) < 4.78 is 19.2. The number of carbonyl (C=O) groups is 1. The van der Waals surface area contributed by atoms with Crippen LogP contribution in [-0.2, 0) is 11.3 Å². The molecule has 1 aromatic heterocycles. The summed E-state index contributed by atoms with van der Waals surface area (Å²) in [5.74, 6) is -0.437. The molecule has 0 bridgehead atoms. The van der Waals surface area contributed by atoms with Gasteiger partial charge in [0.05, 0.1) is 12.6 Å². The van der Waals surface area contributed by atoms with E-state index in [0.29, 0.717) is 5.75 Å². The fourth-order valence-corrected chi connectivity index (χ4v) is 1.87. The highest BCUT2D eigenvalue weighted by atomic mass is 19.1. The maximum atomic E-state index is 12.7. The van der Waals surface area contributed by atoms with Gasteiger partial charge >= 0.3 is 0 Å². The first-order valence-corrected chi connectivity index (χ1v) is 7.03. The Morgan fingerprint density at radius 3 is 2.70 bits per heavy atom. The van der Waals surface area contributed by atoms with Gasteiger partial charge < -0.3 is 19.7 Å². The van der Waals surface area contributed by atoms with E-state index in [2.05, 4.69) is 5.32 Å². The van der Waals surface area contributed by atoms with Gasteiger partial charge in [0.2, 0.25) is 0 Å². The first-order chi connectivity index (χ1) is 11.0. The summed E-state index contributed by atoms with van der Waals surface area (Å²) in [7, 11) is 0. The Bertz CT molecular complexity index is 700. The van der Waals surface area contributed by atoms with E-state index in [0.717, 1.165) is 0 Å². The minimum atomic E-state index is -0.898. The standard InChI is InChI=1S/C16H17FN2O4/c17-12-4-6-14(7-5-12)23-11-15(21)18-9-13(20)10-19-8-2-1-3-16(19)22/h1-8,13,20H,9-11H2,(H,18,21). The molecule has 1 aromatic carbocycles.